The Bertz CT molecular complexity index is 213. The van der Waals surface area contributed by atoms with Gasteiger partial charge in [0.15, 0.2) is 0 Å². The van der Waals surface area contributed by atoms with Gasteiger partial charge in [-0.25, -0.2) is 0 Å². The van der Waals surface area contributed by atoms with Gasteiger partial charge in [-0.1, -0.05) is 12.8 Å². The number of rotatable bonds is 10. The number of nitrogens with one attached hydrogen (secondary N) is 1. The first kappa shape index (κ1) is 14.3. The highest BCUT2D eigenvalue weighted by Gasteiger charge is 2.26. The van der Waals surface area contributed by atoms with E-state index < -0.39 is 0 Å². The van der Waals surface area contributed by atoms with Crippen molar-refractivity contribution in [3.05, 3.63) is 0 Å². The summed E-state index contributed by atoms with van der Waals surface area (Å²) in [6.07, 6.45) is 10.4. The van der Waals surface area contributed by atoms with Gasteiger partial charge in [0.25, 0.3) is 0 Å². The summed E-state index contributed by atoms with van der Waals surface area (Å²) in [7, 11) is 0. The highest BCUT2D eigenvalue weighted by Crippen LogP contribution is 2.30. The molecule has 1 saturated carbocycles. The van der Waals surface area contributed by atoms with E-state index in [1.165, 1.54) is 71.1 Å². The van der Waals surface area contributed by atoms with Crippen LogP contribution < -0.4 is 5.32 Å². The largest absolute Gasteiger partial charge is 0.396 e. The third-order valence-corrected chi connectivity index (χ3v) is 4.24. The van der Waals surface area contributed by atoms with Gasteiger partial charge >= 0.3 is 0 Å². The third-order valence-electron chi connectivity index (χ3n) is 4.24. The average molecular weight is 254 g/mol. The van der Waals surface area contributed by atoms with Crippen molar-refractivity contribution in [2.45, 2.75) is 57.4 Å². The Balaban J connectivity index is 1.60. The second kappa shape index (κ2) is 8.13. The summed E-state index contributed by atoms with van der Waals surface area (Å²) in [6.45, 7) is 5.44. The van der Waals surface area contributed by atoms with Crippen molar-refractivity contribution < 1.29 is 5.11 Å². The second-order valence-corrected chi connectivity index (χ2v) is 6.13. The fourth-order valence-electron chi connectivity index (χ4n) is 2.95. The number of aliphatic hydroxyl groups excluding tert-OH is 1. The number of unbranched alkanes of at least 4 members (excludes halogenated alkanes) is 3. The zero-order chi connectivity index (χ0) is 12.6. The molecule has 0 aromatic carbocycles. The zero-order valence-electron chi connectivity index (χ0n) is 11.7. The molecule has 1 heterocycles. The number of nitrogens with zero attached hydrogens (tertiary/aromatic N) is 1. The SMILES string of the molecule is OCCCCCCN(CC1CC1)CC1CCCN1. The Morgan fingerprint density at radius 2 is 1.83 bits per heavy atom. The van der Waals surface area contributed by atoms with Crippen LogP contribution in [0.2, 0.25) is 0 Å². The van der Waals surface area contributed by atoms with E-state index in [1.807, 2.05) is 0 Å². The van der Waals surface area contributed by atoms with Crippen molar-refractivity contribution in [3.63, 3.8) is 0 Å². The van der Waals surface area contributed by atoms with E-state index in [1.54, 1.807) is 0 Å². The number of hydrogen-bond donors (Lipinski definition) is 2. The van der Waals surface area contributed by atoms with E-state index in [0.29, 0.717) is 6.61 Å². The van der Waals surface area contributed by atoms with Crippen LogP contribution in [-0.2, 0) is 0 Å². The first-order valence-electron chi connectivity index (χ1n) is 7.95. The fraction of sp³-hybridized carbons (Fsp3) is 1.00. The minimum atomic E-state index is 0.359. The van der Waals surface area contributed by atoms with E-state index in [-0.39, 0.29) is 0 Å². The predicted octanol–water partition coefficient (Wildman–Crippen LogP) is 2.00. The molecule has 1 saturated heterocycles. The molecule has 3 heteroatoms. The van der Waals surface area contributed by atoms with E-state index in [4.69, 9.17) is 5.11 Å². The Labute approximate surface area is 112 Å². The molecular formula is C15H30N2O. The molecule has 2 N–H and O–H groups in total. The lowest BCUT2D eigenvalue weighted by Gasteiger charge is -2.25. The van der Waals surface area contributed by atoms with Gasteiger partial charge in [-0.2, -0.15) is 0 Å². The minimum Gasteiger partial charge on any atom is -0.396 e. The molecule has 3 nitrogen and oxygen atoms in total. The molecule has 106 valence electrons. The van der Waals surface area contributed by atoms with Gasteiger partial charge < -0.3 is 15.3 Å². The summed E-state index contributed by atoms with van der Waals surface area (Å²) in [5, 5.41) is 12.4. The summed E-state index contributed by atoms with van der Waals surface area (Å²) in [5.74, 6) is 1.00. The molecule has 1 aliphatic heterocycles. The fourth-order valence-corrected chi connectivity index (χ4v) is 2.95. The Hall–Kier alpha value is -0.120. The lowest BCUT2D eigenvalue weighted by Crippen LogP contribution is -2.39. The maximum Gasteiger partial charge on any atom is 0.0431 e. The first-order chi connectivity index (χ1) is 8.88. The molecule has 0 aromatic rings. The minimum absolute atomic E-state index is 0.359. The molecule has 2 fully saturated rings. The van der Waals surface area contributed by atoms with Gasteiger partial charge in [0.05, 0.1) is 0 Å². The smallest absolute Gasteiger partial charge is 0.0431 e. The van der Waals surface area contributed by atoms with Crippen LogP contribution in [-0.4, -0.2) is 48.8 Å². The molecule has 0 spiro atoms. The van der Waals surface area contributed by atoms with Crippen LogP contribution in [0.3, 0.4) is 0 Å². The Kier molecular flexibility index (Phi) is 6.46. The van der Waals surface area contributed by atoms with Gasteiger partial charge in [-0.15, -0.1) is 0 Å². The normalized spacial score (nSPS) is 24.0. The van der Waals surface area contributed by atoms with E-state index in [0.717, 1.165) is 18.4 Å². The van der Waals surface area contributed by atoms with Crippen molar-refractivity contribution in [2.75, 3.05) is 32.8 Å². The van der Waals surface area contributed by atoms with Crippen LogP contribution in [0.5, 0.6) is 0 Å². The molecule has 0 bridgehead atoms. The molecule has 1 aliphatic carbocycles. The molecule has 0 radical (unpaired) electrons. The highest BCUT2D eigenvalue weighted by atomic mass is 16.2. The zero-order valence-corrected chi connectivity index (χ0v) is 11.7. The average Bonchev–Trinajstić information content (AvgIpc) is 3.03. The van der Waals surface area contributed by atoms with Crippen LogP contribution in [0.4, 0.5) is 0 Å². The lowest BCUT2D eigenvalue weighted by atomic mass is 10.1. The monoisotopic (exact) mass is 254 g/mol. The van der Waals surface area contributed by atoms with Crippen molar-refractivity contribution in [3.8, 4) is 0 Å². The van der Waals surface area contributed by atoms with Crippen molar-refractivity contribution >= 4 is 0 Å². The number of hydrogen-bond acceptors (Lipinski definition) is 3. The van der Waals surface area contributed by atoms with E-state index >= 15 is 0 Å². The quantitative estimate of drug-likeness (QED) is 0.585. The predicted molar refractivity (Wildman–Crippen MR) is 75.7 cm³/mol. The summed E-state index contributed by atoms with van der Waals surface area (Å²) >= 11 is 0. The van der Waals surface area contributed by atoms with E-state index in [2.05, 4.69) is 10.2 Å². The van der Waals surface area contributed by atoms with Crippen LogP contribution >= 0.6 is 0 Å². The molecule has 0 aromatic heterocycles. The van der Waals surface area contributed by atoms with Crippen LogP contribution in [0, 0.1) is 5.92 Å². The Morgan fingerprint density at radius 1 is 1.00 bits per heavy atom. The summed E-state index contributed by atoms with van der Waals surface area (Å²) in [6, 6.07) is 0.751. The molecule has 1 atom stereocenters. The van der Waals surface area contributed by atoms with Crippen LogP contribution in [0.1, 0.15) is 51.4 Å². The van der Waals surface area contributed by atoms with Gasteiger partial charge in [0, 0.05) is 25.7 Å². The summed E-state index contributed by atoms with van der Waals surface area (Å²) < 4.78 is 0. The Morgan fingerprint density at radius 3 is 2.50 bits per heavy atom. The van der Waals surface area contributed by atoms with Gasteiger partial charge in [0.2, 0.25) is 0 Å². The van der Waals surface area contributed by atoms with Crippen LogP contribution in [0.15, 0.2) is 0 Å². The second-order valence-electron chi connectivity index (χ2n) is 6.13. The topological polar surface area (TPSA) is 35.5 Å². The molecular weight excluding hydrogens is 224 g/mol. The maximum absolute atomic E-state index is 8.77. The molecule has 2 rings (SSSR count). The van der Waals surface area contributed by atoms with E-state index in [9.17, 15) is 0 Å². The third kappa shape index (κ3) is 5.68. The number of aliphatic hydroxyl groups is 1. The highest BCUT2D eigenvalue weighted by molar-refractivity contribution is 4.82. The van der Waals surface area contributed by atoms with Gasteiger partial charge in [-0.3, -0.25) is 0 Å². The lowest BCUT2D eigenvalue weighted by molar-refractivity contribution is 0.232. The molecule has 2 aliphatic rings. The molecule has 18 heavy (non-hydrogen) atoms. The maximum atomic E-state index is 8.77. The molecule has 0 amide bonds. The van der Waals surface area contributed by atoms with Crippen LogP contribution in [0.25, 0.3) is 0 Å². The molecule has 1 unspecified atom stereocenters. The summed E-state index contributed by atoms with van der Waals surface area (Å²) in [4.78, 5) is 2.69. The van der Waals surface area contributed by atoms with Crippen molar-refractivity contribution in [1.82, 2.24) is 10.2 Å². The summed E-state index contributed by atoms with van der Waals surface area (Å²) in [5.41, 5.74) is 0. The van der Waals surface area contributed by atoms with Gasteiger partial charge in [0.1, 0.15) is 0 Å². The first-order valence-corrected chi connectivity index (χ1v) is 7.95. The van der Waals surface area contributed by atoms with Crippen molar-refractivity contribution in [2.24, 2.45) is 5.92 Å². The van der Waals surface area contributed by atoms with Crippen molar-refractivity contribution in [1.29, 1.82) is 0 Å². The standard InChI is InChI=1S/C15H30N2O/c18-11-4-2-1-3-10-17(12-14-7-8-14)13-15-6-5-9-16-15/h14-16,18H,1-13H2. The van der Waals surface area contributed by atoms with Gasteiger partial charge in [-0.05, 0) is 57.5 Å².